The van der Waals surface area contributed by atoms with Crippen LogP contribution < -0.4 is 0 Å². The molecule has 3 nitrogen and oxygen atoms in total. The van der Waals surface area contributed by atoms with E-state index in [1.54, 1.807) is 6.08 Å². The maximum absolute atomic E-state index is 10.3. The lowest BCUT2D eigenvalue weighted by Crippen LogP contribution is -2.36. The molecule has 0 aromatic heterocycles. The van der Waals surface area contributed by atoms with E-state index in [1.807, 2.05) is 0 Å². The normalized spacial score (nSPS) is 28.3. The number of carbonyl (C=O) groups is 1. The predicted molar refractivity (Wildman–Crippen MR) is 49.6 cm³/mol. The summed E-state index contributed by atoms with van der Waals surface area (Å²) in [5.41, 5.74) is 0. The van der Waals surface area contributed by atoms with Gasteiger partial charge in [0.1, 0.15) is 6.29 Å². The Balaban J connectivity index is 2.36. The van der Waals surface area contributed by atoms with Crippen LogP contribution in [0.5, 0.6) is 0 Å². The van der Waals surface area contributed by atoms with Crippen molar-refractivity contribution in [1.29, 1.82) is 0 Å². The summed E-state index contributed by atoms with van der Waals surface area (Å²) in [5.74, 6) is 0. The molecule has 0 bridgehead atoms. The first-order valence-corrected chi connectivity index (χ1v) is 4.66. The van der Waals surface area contributed by atoms with E-state index in [0.717, 1.165) is 25.7 Å². The van der Waals surface area contributed by atoms with E-state index in [9.17, 15) is 4.79 Å². The Hall–Kier alpha value is -0.670. The molecule has 74 valence electrons. The lowest BCUT2D eigenvalue weighted by atomic mass is 10.0. The minimum Gasteiger partial charge on any atom is -0.375 e. The molecule has 0 aliphatic carbocycles. The highest BCUT2D eigenvalue weighted by molar-refractivity contribution is 5.50. The van der Waals surface area contributed by atoms with Gasteiger partial charge in [-0.3, -0.25) is 0 Å². The smallest absolute Gasteiger partial charge is 0.122 e. The number of rotatable bonds is 5. The number of hydrogen-bond donors (Lipinski definition) is 0. The monoisotopic (exact) mass is 184 g/mol. The van der Waals surface area contributed by atoms with Crippen molar-refractivity contribution in [1.82, 2.24) is 0 Å². The van der Waals surface area contributed by atoms with Crippen molar-refractivity contribution in [2.24, 2.45) is 0 Å². The topological polar surface area (TPSA) is 35.5 Å². The quantitative estimate of drug-likeness (QED) is 0.477. The molecule has 0 radical (unpaired) electrons. The molecule has 0 aromatic rings. The van der Waals surface area contributed by atoms with Crippen LogP contribution in [0.15, 0.2) is 12.7 Å². The SMILES string of the molecule is C=CCO[C@H]1CCCO[C@@H]1CC=O. The molecule has 3 heteroatoms. The zero-order valence-electron chi connectivity index (χ0n) is 7.78. The van der Waals surface area contributed by atoms with E-state index < -0.39 is 0 Å². The van der Waals surface area contributed by atoms with Crippen molar-refractivity contribution in [3.05, 3.63) is 12.7 Å². The highest BCUT2D eigenvalue weighted by Gasteiger charge is 2.25. The van der Waals surface area contributed by atoms with Gasteiger partial charge in [-0.2, -0.15) is 0 Å². The van der Waals surface area contributed by atoms with E-state index in [0.29, 0.717) is 13.0 Å². The van der Waals surface area contributed by atoms with E-state index in [-0.39, 0.29) is 12.2 Å². The highest BCUT2D eigenvalue weighted by atomic mass is 16.5. The molecule has 13 heavy (non-hydrogen) atoms. The van der Waals surface area contributed by atoms with Gasteiger partial charge in [0.25, 0.3) is 0 Å². The molecular formula is C10H16O3. The second-order valence-electron chi connectivity index (χ2n) is 3.11. The zero-order valence-corrected chi connectivity index (χ0v) is 7.78. The van der Waals surface area contributed by atoms with E-state index in [2.05, 4.69) is 6.58 Å². The fourth-order valence-electron chi connectivity index (χ4n) is 1.51. The van der Waals surface area contributed by atoms with Crippen LogP contribution in [0.4, 0.5) is 0 Å². The van der Waals surface area contributed by atoms with Crippen molar-refractivity contribution >= 4 is 6.29 Å². The molecule has 1 aliphatic heterocycles. The number of aldehydes is 1. The molecule has 0 unspecified atom stereocenters. The molecule has 1 saturated heterocycles. The summed E-state index contributed by atoms with van der Waals surface area (Å²) >= 11 is 0. The summed E-state index contributed by atoms with van der Waals surface area (Å²) in [7, 11) is 0. The van der Waals surface area contributed by atoms with Crippen molar-refractivity contribution in [2.75, 3.05) is 13.2 Å². The van der Waals surface area contributed by atoms with E-state index >= 15 is 0 Å². The lowest BCUT2D eigenvalue weighted by molar-refractivity contribution is -0.123. The fourth-order valence-corrected chi connectivity index (χ4v) is 1.51. The largest absolute Gasteiger partial charge is 0.375 e. The van der Waals surface area contributed by atoms with Crippen molar-refractivity contribution in [2.45, 2.75) is 31.5 Å². The first-order chi connectivity index (χ1) is 6.38. The molecule has 0 N–H and O–H groups in total. The first kappa shape index (κ1) is 10.4. The second kappa shape index (κ2) is 5.89. The average Bonchev–Trinajstić information content (AvgIpc) is 2.17. The van der Waals surface area contributed by atoms with Crippen LogP contribution in [0.3, 0.4) is 0 Å². The molecule has 1 aliphatic rings. The Morgan fingerprint density at radius 3 is 3.15 bits per heavy atom. The zero-order chi connectivity index (χ0) is 9.52. The molecule has 2 atom stereocenters. The van der Waals surface area contributed by atoms with Crippen molar-refractivity contribution < 1.29 is 14.3 Å². The molecule has 1 fully saturated rings. The van der Waals surface area contributed by atoms with Gasteiger partial charge in [0, 0.05) is 13.0 Å². The van der Waals surface area contributed by atoms with Crippen LogP contribution in [0, 0.1) is 0 Å². The Morgan fingerprint density at radius 1 is 1.62 bits per heavy atom. The first-order valence-electron chi connectivity index (χ1n) is 4.66. The minimum atomic E-state index is -0.0498. The summed E-state index contributed by atoms with van der Waals surface area (Å²) in [6, 6.07) is 0. The number of carbonyl (C=O) groups excluding carboxylic acids is 1. The molecule has 0 aromatic carbocycles. The molecular weight excluding hydrogens is 168 g/mol. The van der Waals surface area contributed by atoms with Gasteiger partial charge in [-0.05, 0) is 12.8 Å². The van der Waals surface area contributed by atoms with Gasteiger partial charge in [-0.25, -0.2) is 0 Å². The Kier molecular flexibility index (Phi) is 4.72. The summed E-state index contributed by atoms with van der Waals surface area (Å²) in [6.07, 6.45) is 5.04. The molecule has 0 amide bonds. The van der Waals surface area contributed by atoms with Gasteiger partial charge >= 0.3 is 0 Å². The summed E-state index contributed by atoms with van der Waals surface area (Å²) in [6.45, 7) is 4.85. The van der Waals surface area contributed by atoms with Crippen LogP contribution in [0.25, 0.3) is 0 Å². The van der Waals surface area contributed by atoms with Crippen LogP contribution >= 0.6 is 0 Å². The highest BCUT2D eigenvalue weighted by Crippen LogP contribution is 2.18. The average molecular weight is 184 g/mol. The predicted octanol–water partition coefficient (Wildman–Crippen LogP) is 1.33. The van der Waals surface area contributed by atoms with Gasteiger partial charge < -0.3 is 14.3 Å². The molecule has 0 spiro atoms. The summed E-state index contributed by atoms with van der Waals surface area (Å²) in [5, 5.41) is 0. The van der Waals surface area contributed by atoms with Crippen LogP contribution in [-0.4, -0.2) is 31.7 Å². The molecule has 1 heterocycles. The third-order valence-electron chi connectivity index (χ3n) is 2.14. The second-order valence-corrected chi connectivity index (χ2v) is 3.11. The third-order valence-corrected chi connectivity index (χ3v) is 2.14. The van der Waals surface area contributed by atoms with Crippen molar-refractivity contribution in [3.8, 4) is 0 Å². The molecule has 0 saturated carbocycles. The van der Waals surface area contributed by atoms with Gasteiger partial charge in [-0.15, -0.1) is 6.58 Å². The Bertz CT molecular complexity index is 168. The van der Waals surface area contributed by atoms with Crippen LogP contribution in [-0.2, 0) is 14.3 Å². The van der Waals surface area contributed by atoms with Gasteiger partial charge in [0.2, 0.25) is 0 Å². The standard InChI is InChI=1S/C10H16O3/c1-2-7-12-9-4-3-8-13-10(9)5-6-11/h2,6,9-10H,1,3-5,7-8H2/t9-,10+/m0/s1. The summed E-state index contributed by atoms with van der Waals surface area (Å²) < 4.78 is 10.9. The van der Waals surface area contributed by atoms with Crippen LogP contribution in [0.2, 0.25) is 0 Å². The maximum atomic E-state index is 10.3. The lowest BCUT2D eigenvalue weighted by Gasteiger charge is -2.30. The number of ether oxygens (including phenoxy) is 2. The molecule has 1 rings (SSSR count). The van der Waals surface area contributed by atoms with Gasteiger partial charge in [0.05, 0.1) is 18.8 Å². The van der Waals surface area contributed by atoms with Gasteiger partial charge in [0.15, 0.2) is 0 Å². The minimum absolute atomic E-state index is 0.0498. The Morgan fingerprint density at radius 2 is 2.46 bits per heavy atom. The summed E-state index contributed by atoms with van der Waals surface area (Å²) in [4.78, 5) is 10.3. The van der Waals surface area contributed by atoms with E-state index in [1.165, 1.54) is 0 Å². The van der Waals surface area contributed by atoms with E-state index in [4.69, 9.17) is 9.47 Å². The van der Waals surface area contributed by atoms with Gasteiger partial charge in [-0.1, -0.05) is 6.08 Å². The third kappa shape index (κ3) is 3.28. The fraction of sp³-hybridized carbons (Fsp3) is 0.700. The maximum Gasteiger partial charge on any atom is 0.122 e. The number of hydrogen-bond acceptors (Lipinski definition) is 3. The van der Waals surface area contributed by atoms with Crippen molar-refractivity contribution in [3.63, 3.8) is 0 Å². The Labute approximate surface area is 78.7 Å². The van der Waals surface area contributed by atoms with Crippen LogP contribution in [0.1, 0.15) is 19.3 Å².